The highest BCUT2D eigenvalue weighted by atomic mass is 16.3. The topological polar surface area (TPSA) is 19.6 Å². The maximum Gasteiger partial charge on any atom is 0.159 e. The van der Waals surface area contributed by atoms with Gasteiger partial charge in [0.15, 0.2) is 5.58 Å². The lowest BCUT2D eigenvalue weighted by atomic mass is 9.70. The van der Waals surface area contributed by atoms with Gasteiger partial charge in [-0.2, -0.15) is 0 Å². The summed E-state index contributed by atoms with van der Waals surface area (Å²) < 4.78 is 6.81. The molecule has 2 aliphatic rings. The molecular weight excluding hydrogens is 777 g/mol. The van der Waals surface area contributed by atoms with Crippen LogP contribution in [0.1, 0.15) is 22.3 Å². The molecule has 10 aromatic carbocycles. The van der Waals surface area contributed by atoms with E-state index in [1.807, 2.05) is 6.07 Å². The molecule has 1 atom stereocenters. The van der Waals surface area contributed by atoms with E-state index in [0.29, 0.717) is 0 Å². The molecule has 0 saturated carbocycles. The monoisotopic (exact) mass is 816 g/mol. The number of para-hydroxylation sites is 4. The van der Waals surface area contributed by atoms with Gasteiger partial charge in [-0.15, -0.1) is 0 Å². The van der Waals surface area contributed by atoms with Crippen molar-refractivity contribution in [3.63, 3.8) is 0 Å². The van der Waals surface area contributed by atoms with E-state index in [1.54, 1.807) is 0 Å². The molecule has 3 nitrogen and oxygen atoms in total. The van der Waals surface area contributed by atoms with Crippen molar-refractivity contribution in [1.29, 1.82) is 0 Å². The molecule has 0 N–H and O–H groups in total. The average molecular weight is 817 g/mol. The number of anilines is 6. The Kier molecular flexibility index (Phi) is 8.13. The number of nitrogens with zero attached hydrogens (tertiary/aromatic N) is 2. The molecule has 0 bridgehead atoms. The quantitative estimate of drug-likeness (QED) is 0.160. The van der Waals surface area contributed by atoms with Crippen LogP contribution in [-0.4, -0.2) is 0 Å². The van der Waals surface area contributed by atoms with Gasteiger partial charge in [0, 0.05) is 39.2 Å². The molecule has 0 aliphatic heterocycles. The minimum Gasteiger partial charge on any atom is -0.454 e. The summed E-state index contributed by atoms with van der Waals surface area (Å²) in [4.78, 5) is 4.78. The first-order chi connectivity index (χ1) is 31.8. The van der Waals surface area contributed by atoms with E-state index < -0.39 is 5.41 Å². The maximum absolute atomic E-state index is 6.81. The molecule has 64 heavy (non-hydrogen) atoms. The lowest BCUT2D eigenvalue weighted by Gasteiger charge is -2.33. The Morgan fingerprint density at radius 2 is 0.766 bits per heavy atom. The van der Waals surface area contributed by atoms with Crippen LogP contribution in [0.15, 0.2) is 247 Å². The molecule has 300 valence electrons. The van der Waals surface area contributed by atoms with E-state index in [2.05, 4.69) is 246 Å². The summed E-state index contributed by atoms with van der Waals surface area (Å²) in [5, 5.41) is 2.20. The van der Waals surface area contributed by atoms with Crippen LogP contribution in [-0.2, 0) is 5.41 Å². The van der Waals surface area contributed by atoms with Crippen LogP contribution in [0.3, 0.4) is 0 Å². The van der Waals surface area contributed by atoms with E-state index in [1.165, 1.54) is 50.1 Å². The highest BCUT2D eigenvalue weighted by Gasteiger charge is 2.52. The summed E-state index contributed by atoms with van der Waals surface area (Å²) in [5.41, 5.74) is 20.1. The van der Waals surface area contributed by atoms with Crippen LogP contribution in [0.25, 0.3) is 55.3 Å². The second kappa shape index (κ2) is 14.3. The maximum atomic E-state index is 6.81. The zero-order valence-corrected chi connectivity index (χ0v) is 34.9. The third-order valence-corrected chi connectivity index (χ3v) is 13.4. The van der Waals surface area contributed by atoms with Gasteiger partial charge in [0.1, 0.15) is 5.58 Å². The van der Waals surface area contributed by atoms with Crippen LogP contribution in [0.2, 0.25) is 0 Å². The zero-order chi connectivity index (χ0) is 42.2. The molecule has 1 heterocycles. The van der Waals surface area contributed by atoms with E-state index >= 15 is 0 Å². The van der Waals surface area contributed by atoms with Crippen molar-refractivity contribution in [3.05, 3.63) is 265 Å². The van der Waals surface area contributed by atoms with Crippen LogP contribution in [0.5, 0.6) is 0 Å². The third kappa shape index (κ3) is 5.34. The Balaban J connectivity index is 1.08. The summed E-state index contributed by atoms with van der Waals surface area (Å²) in [6.45, 7) is 0. The van der Waals surface area contributed by atoms with Gasteiger partial charge in [-0.3, -0.25) is 0 Å². The SMILES string of the molecule is c1ccc(-c2cccc(N(c3ccc4c(c3)C3(c5ccccc5-c5ccc(N(c6ccccc6)c6ccccc6)cc53)c3ccccc3-4)c3cccc4c3oc3ccccc34)c2)cc1. The van der Waals surface area contributed by atoms with E-state index in [4.69, 9.17) is 4.42 Å². The van der Waals surface area contributed by atoms with Crippen molar-refractivity contribution >= 4 is 56.1 Å². The van der Waals surface area contributed by atoms with Gasteiger partial charge < -0.3 is 14.2 Å². The number of hydrogen-bond acceptors (Lipinski definition) is 3. The van der Waals surface area contributed by atoms with Crippen molar-refractivity contribution in [2.75, 3.05) is 9.80 Å². The molecule has 11 aromatic rings. The van der Waals surface area contributed by atoms with Gasteiger partial charge >= 0.3 is 0 Å². The second-order valence-corrected chi connectivity index (χ2v) is 16.8. The molecule has 1 spiro atoms. The normalized spacial score (nSPS) is 14.3. The van der Waals surface area contributed by atoms with E-state index in [9.17, 15) is 0 Å². The Bertz CT molecular complexity index is 3520. The summed E-state index contributed by atoms with van der Waals surface area (Å²) >= 11 is 0. The molecule has 0 radical (unpaired) electrons. The van der Waals surface area contributed by atoms with Crippen LogP contribution >= 0.6 is 0 Å². The van der Waals surface area contributed by atoms with Crippen molar-refractivity contribution in [2.45, 2.75) is 5.41 Å². The van der Waals surface area contributed by atoms with E-state index in [-0.39, 0.29) is 0 Å². The lowest BCUT2D eigenvalue weighted by Crippen LogP contribution is -2.26. The first-order valence-corrected chi connectivity index (χ1v) is 22.0. The van der Waals surface area contributed by atoms with Crippen molar-refractivity contribution in [2.24, 2.45) is 0 Å². The second-order valence-electron chi connectivity index (χ2n) is 16.8. The molecule has 0 fully saturated rings. The fourth-order valence-electron chi connectivity index (χ4n) is 10.8. The van der Waals surface area contributed by atoms with Crippen molar-refractivity contribution < 1.29 is 4.42 Å². The summed E-state index contributed by atoms with van der Waals surface area (Å²) in [7, 11) is 0. The highest BCUT2D eigenvalue weighted by Crippen LogP contribution is 2.64. The molecule has 13 rings (SSSR count). The van der Waals surface area contributed by atoms with Crippen molar-refractivity contribution in [3.8, 4) is 33.4 Å². The zero-order valence-electron chi connectivity index (χ0n) is 34.9. The Hall–Kier alpha value is -8.40. The summed E-state index contributed by atoms with van der Waals surface area (Å²) in [6.07, 6.45) is 0. The van der Waals surface area contributed by atoms with Gasteiger partial charge in [-0.1, -0.05) is 170 Å². The van der Waals surface area contributed by atoms with Gasteiger partial charge in [-0.05, 0) is 128 Å². The average Bonchev–Trinajstić information content (AvgIpc) is 4.00. The molecule has 1 aromatic heterocycles. The predicted molar refractivity (Wildman–Crippen MR) is 265 cm³/mol. The van der Waals surface area contributed by atoms with Crippen LogP contribution in [0.4, 0.5) is 34.1 Å². The first kappa shape index (κ1) is 36.3. The van der Waals surface area contributed by atoms with Gasteiger partial charge in [0.2, 0.25) is 0 Å². The number of benzene rings is 10. The molecule has 3 heteroatoms. The molecule has 2 aliphatic carbocycles. The first-order valence-electron chi connectivity index (χ1n) is 22.0. The Labute approximate surface area is 372 Å². The van der Waals surface area contributed by atoms with Crippen molar-refractivity contribution in [1.82, 2.24) is 0 Å². The molecule has 1 unspecified atom stereocenters. The number of furan rings is 1. The van der Waals surface area contributed by atoms with Gasteiger partial charge in [0.25, 0.3) is 0 Å². The smallest absolute Gasteiger partial charge is 0.159 e. The summed E-state index contributed by atoms with van der Waals surface area (Å²) in [5.74, 6) is 0. The van der Waals surface area contributed by atoms with E-state index in [0.717, 1.165) is 61.6 Å². The van der Waals surface area contributed by atoms with Gasteiger partial charge in [0.05, 0.1) is 11.1 Å². The predicted octanol–water partition coefficient (Wildman–Crippen LogP) is 16.5. The standard InChI is InChI=1S/C61H40N2O/c1-4-18-41(19-5-1)42-20-16-25-45(38-42)63(58-32-17-29-53-52-28-12-15-33-59(52)64-60(53)58)47-35-37-51-49-27-11-14-31-55(49)61(57(51)40-47)54-30-13-10-26-48(54)50-36-34-46(39-56(50)61)62(43-21-6-2-7-22-43)44-23-8-3-9-24-44/h1-40H. The largest absolute Gasteiger partial charge is 0.454 e. The lowest BCUT2D eigenvalue weighted by molar-refractivity contribution is 0.669. The molecule has 0 saturated heterocycles. The highest BCUT2D eigenvalue weighted by molar-refractivity contribution is 6.10. The summed E-state index contributed by atoms with van der Waals surface area (Å²) in [6, 6.07) is 88.2. The Morgan fingerprint density at radius 3 is 1.42 bits per heavy atom. The fourth-order valence-corrected chi connectivity index (χ4v) is 10.8. The number of rotatable bonds is 7. The number of hydrogen-bond donors (Lipinski definition) is 0. The van der Waals surface area contributed by atoms with Crippen LogP contribution in [0, 0.1) is 0 Å². The third-order valence-electron chi connectivity index (χ3n) is 13.4. The minimum atomic E-state index is -0.591. The molecular formula is C61H40N2O. The van der Waals surface area contributed by atoms with Crippen LogP contribution < -0.4 is 9.80 Å². The minimum absolute atomic E-state index is 0.591. The fraction of sp³-hybridized carbons (Fsp3) is 0.0164. The number of fused-ring (bicyclic) bond motifs is 13. The molecule has 0 amide bonds. The van der Waals surface area contributed by atoms with Gasteiger partial charge in [-0.25, -0.2) is 0 Å². The Morgan fingerprint density at radius 1 is 0.297 bits per heavy atom.